The summed E-state index contributed by atoms with van der Waals surface area (Å²) in [7, 11) is 0. The summed E-state index contributed by atoms with van der Waals surface area (Å²) >= 11 is 0. The van der Waals surface area contributed by atoms with Crippen LogP contribution < -0.4 is 10.6 Å². The largest absolute Gasteiger partial charge is 0.396 e. The van der Waals surface area contributed by atoms with Gasteiger partial charge in [-0.3, -0.25) is 4.90 Å². The van der Waals surface area contributed by atoms with Crippen molar-refractivity contribution in [3.05, 3.63) is 35.4 Å². The molecule has 0 saturated carbocycles. The Kier molecular flexibility index (Phi) is 11.7. The Hall–Kier alpha value is -0.900. The minimum absolute atomic E-state index is 0. The molecule has 6 nitrogen and oxygen atoms in total. The summed E-state index contributed by atoms with van der Waals surface area (Å²) in [6.07, 6.45) is 3.09. The quantitative estimate of drug-likeness (QED) is 0.246. The monoisotopic (exact) mass is 558 g/mol. The molecular formula is C25H43IN4O2. The van der Waals surface area contributed by atoms with Crippen LogP contribution in [0.15, 0.2) is 29.3 Å². The van der Waals surface area contributed by atoms with Crippen molar-refractivity contribution in [2.75, 3.05) is 46.0 Å². The smallest absolute Gasteiger partial charge is 0.191 e. The van der Waals surface area contributed by atoms with Gasteiger partial charge in [0.05, 0.1) is 13.2 Å². The zero-order valence-corrected chi connectivity index (χ0v) is 22.4. The van der Waals surface area contributed by atoms with E-state index in [4.69, 9.17) is 9.73 Å². The summed E-state index contributed by atoms with van der Waals surface area (Å²) in [5, 5.41) is 16.2. The number of piperidine rings is 1. The van der Waals surface area contributed by atoms with Crippen LogP contribution in [0.3, 0.4) is 0 Å². The van der Waals surface area contributed by atoms with Crippen LogP contribution in [0.4, 0.5) is 0 Å². The molecule has 3 rings (SSSR count). The number of halogens is 1. The molecule has 182 valence electrons. The van der Waals surface area contributed by atoms with Crippen molar-refractivity contribution in [3.63, 3.8) is 0 Å². The first-order chi connectivity index (χ1) is 15.0. The Morgan fingerprint density at radius 3 is 2.44 bits per heavy atom. The van der Waals surface area contributed by atoms with Gasteiger partial charge in [0.2, 0.25) is 0 Å². The van der Waals surface area contributed by atoms with E-state index in [9.17, 15) is 5.11 Å². The number of ether oxygens (including phenoxy) is 1. The maximum atomic E-state index is 9.43. The number of hydrogen-bond acceptors (Lipinski definition) is 4. The molecule has 2 saturated heterocycles. The van der Waals surface area contributed by atoms with Gasteiger partial charge in [-0.1, -0.05) is 38.1 Å². The van der Waals surface area contributed by atoms with E-state index in [0.717, 1.165) is 56.9 Å². The van der Waals surface area contributed by atoms with E-state index in [1.807, 2.05) is 0 Å². The summed E-state index contributed by atoms with van der Waals surface area (Å²) in [6, 6.07) is 8.91. The fourth-order valence-electron chi connectivity index (χ4n) is 5.02. The second-order valence-electron chi connectivity index (χ2n) is 9.78. The van der Waals surface area contributed by atoms with Crippen LogP contribution in [-0.4, -0.2) is 62.0 Å². The van der Waals surface area contributed by atoms with Crippen molar-refractivity contribution < 1.29 is 9.84 Å². The van der Waals surface area contributed by atoms with Crippen LogP contribution in [0.2, 0.25) is 0 Å². The Morgan fingerprint density at radius 2 is 1.84 bits per heavy atom. The van der Waals surface area contributed by atoms with Gasteiger partial charge in [-0.15, -0.1) is 24.0 Å². The molecule has 0 aliphatic carbocycles. The maximum absolute atomic E-state index is 9.43. The van der Waals surface area contributed by atoms with Gasteiger partial charge in [0.1, 0.15) is 0 Å². The maximum Gasteiger partial charge on any atom is 0.191 e. The highest BCUT2D eigenvalue weighted by Gasteiger charge is 2.34. The van der Waals surface area contributed by atoms with Gasteiger partial charge in [0.15, 0.2) is 5.96 Å². The summed E-state index contributed by atoms with van der Waals surface area (Å²) < 4.78 is 5.60. The van der Waals surface area contributed by atoms with Gasteiger partial charge in [-0.2, -0.15) is 0 Å². The number of aliphatic hydroxyl groups is 1. The second kappa shape index (κ2) is 13.7. The molecule has 2 heterocycles. The van der Waals surface area contributed by atoms with Gasteiger partial charge in [-0.25, -0.2) is 4.99 Å². The van der Waals surface area contributed by atoms with Gasteiger partial charge in [0.25, 0.3) is 0 Å². The zero-order valence-electron chi connectivity index (χ0n) is 20.1. The lowest BCUT2D eigenvalue weighted by atomic mass is 9.84. The van der Waals surface area contributed by atoms with E-state index >= 15 is 0 Å². The molecule has 7 heteroatoms. The number of aliphatic hydroxyl groups excluding tert-OH is 1. The highest BCUT2D eigenvalue weighted by molar-refractivity contribution is 14.0. The number of nitrogens with one attached hydrogen (secondary N) is 2. The molecule has 2 aliphatic heterocycles. The zero-order chi connectivity index (χ0) is 22.1. The van der Waals surface area contributed by atoms with Crippen molar-refractivity contribution in [3.8, 4) is 0 Å². The number of benzene rings is 1. The normalized spacial score (nSPS) is 26.6. The molecule has 1 aromatic rings. The van der Waals surface area contributed by atoms with Crippen molar-refractivity contribution in [1.82, 2.24) is 15.5 Å². The number of likely N-dealkylation sites (tertiary alicyclic amines) is 1. The van der Waals surface area contributed by atoms with E-state index in [1.54, 1.807) is 0 Å². The van der Waals surface area contributed by atoms with Crippen LogP contribution in [0, 0.1) is 17.3 Å². The molecule has 3 unspecified atom stereocenters. The number of guanidine groups is 1. The Labute approximate surface area is 211 Å². The molecule has 0 aromatic heterocycles. The molecule has 0 radical (unpaired) electrons. The van der Waals surface area contributed by atoms with Gasteiger partial charge >= 0.3 is 0 Å². The van der Waals surface area contributed by atoms with Gasteiger partial charge < -0.3 is 20.5 Å². The molecule has 0 spiro atoms. The summed E-state index contributed by atoms with van der Waals surface area (Å²) in [6.45, 7) is 14.2. The molecular weight excluding hydrogens is 515 g/mol. The molecule has 2 fully saturated rings. The Balaban J connectivity index is 0.00000363. The lowest BCUT2D eigenvalue weighted by Gasteiger charge is -2.35. The third-order valence-electron chi connectivity index (χ3n) is 6.60. The molecule has 1 aromatic carbocycles. The van der Waals surface area contributed by atoms with Crippen molar-refractivity contribution in [1.29, 1.82) is 0 Å². The highest BCUT2D eigenvalue weighted by Crippen LogP contribution is 2.31. The van der Waals surface area contributed by atoms with E-state index in [2.05, 4.69) is 60.6 Å². The Morgan fingerprint density at radius 1 is 1.16 bits per heavy atom. The first-order valence-corrected chi connectivity index (χ1v) is 12.0. The van der Waals surface area contributed by atoms with Crippen LogP contribution in [0.1, 0.15) is 51.2 Å². The molecule has 32 heavy (non-hydrogen) atoms. The van der Waals surface area contributed by atoms with Crippen LogP contribution in [0.25, 0.3) is 0 Å². The Bertz CT molecular complexity index is 682. The van der Waals surface area contributed by atoms with Gasteiger partial charge in [0, 0.05) is 51.4 Å². The second-order valence-corrected chi connectivity index (χ2v) is 9.78. The van der Waals surface area contributed by atoms with Crippen molar-refractivity contribution in [2.24, 2.45) is 22.2 Å². The molecule has 3 atom stereocenters. The SMILES string of the molecule is CCNC(=NCc1ccc(CN2CC(C)CC(C)C2)cc1)NCC1(CCO)CCOC1.I. The first kappa shape index (κ1) is 27.3. The fraction of sp³-hybridized carbons (Fsp3) is 0.720. The van der Waals surface area contributed by atoms with E-state index in [1.165, 1.54) is 30.6 Å². The molecule has 2 aliphatic rings. The molecule has 3 N–H and O–H groups in total. The lowest BCUT2D eigenvalue weighted by Crippen LogP contribution is -2.44. The van der Waals surface area contributed by atoms with Crippen LogP contribution in [0.5, 0.6) is 0 Å². The van der Waals surface area contributed by atoms with Crippen molar-refractivity contribution in [2.45, 2.75) is 53.1 Å². The van der Waals surface area contributed by atoms with Gasteiger partial charge in [-0.05, 0) is 49.1 Å². The first-order valence-electron chi connectivity index (χ1n) is 12.0. The molecule has 0 bridgehead atoms. The minimum atomic E-state index is 0. The number of hydrogen-bond donors (Lipinski definition) is 3. The predicted octanol–water partition coefficient (Wildman–Crippen LogP) is 3.63. The van der Waals surface area contributed by atoms with E-state index < -0.39 is 0 Å². The van der Waals surface area contributed by atoms with E-state index in [-0.39, 0.29) is 36.0 Å². The summed E-state index contributed by atoms with van der Waals surface area (Å²) in [5.74, 6) is 2.41. The topological polar surface area (TPSA) is 69.1 Å². The standard InChI is InChI=1S/C25H42N4O2.HI/c1-4-26-24(28-18-25(9-11-30)10-12-31-19-25)27-14-22-5-7-23(8-6-22)17-29-15-20(2)13-21(3)16-29;/h5-8,20-21,30H,4,9-19H2,1-3H3,(H2,26,27,28);1H. The summed E-state index contributed by atoms with van der Waals surface area (Å²) in [4.78, 5) is 7.37. The fourth-order valence-corrected chi connectivity index (χ4v) is 5.02. The highest BCUT2D eigenvalue weighted by atomic mass is 127. The van der Waals surface area contributed by atoms with E-state index in [0.29, 0.717) is 13.2 Å². The van der Waals surface area contributed by atoms with Crippen LogP contribution >= 0.6 is 24.0 Å². The molecule has 0 amide bonds. The predicted molar refractivity (Wildman–Crippen MR) is 142 cm³/mol. The third kappa shape index (κ3) is 8.47. The lowest BCUT2D eigenvalue weighted by molar-refractivity contribution is 0.127. The number of aliphatic imine (C=N–C) groups is 1. The third-order valence-corrected chi connectivity index (χ3v) is 6.60. The summed E-state index contributed by atoms with van der Waals surface area (Å²) in [5.41, 5.74) is 2.61. The van der Waals surface area contributed by atoms with Crippen molar-refractivity contribution >= 4 is 29.9 Å². The number of nitrogens with zero attached hydrogens (tertiary/aromatic N) is 2. The van der Waals surface area contributed by atoms with Crippen LogP contribution in [-0.2, 0) is 17.8 Å². The number of rotatable bonds is 9. The average Bonchev–Trinajstić information content (AvgIpc) is 3.19. The minimum Gasteiger partial charge on any atom is -0.396 e. The average molecular weight is 559 g/mol.